The monoisotopic (exact) mass is 338 g/mol. The Labute approximate surface area is 141 Å². The lowest BCUT2D eigenvalue weighted by atomic mass is 9.77. The zero-order valence-corrected chi connectivity index (χ0v) is 14.2. The van der Waals surface area contributed by atoms with Crippen LogP contribution in [0.1, 0.15) is 23.7 Å². The lowest BCUT2D eigenvalue weighted by molar-refractivity contribution is 0.0715. The molecule has 2 saturated heterocycles. The summed E-state index contributed by atoms with van der Waals surface area (Å²) in [7, 11) is 1.71. The minimum atomic E-state index is -0.981. The summed E-state index contributed by atoms with van der Waals surface area (Å²) in [6, 6.07) is 3.35. The fraction of sp³-hybridized carbons (Fsp3) is 0.611. The highest BCUT2D eigenvalue weighted by atomic mass is 19.2. The molecule has 6 heteroatoms. The van der Waals surface area contributed by atoms with Crippen LogP contribution in [0, 0.1) is 23.0 Å². The zero-order chi connectivity index (χ0) is 17.3. The third kappa shape index (κ3) is 3.05. The van der Waals surface area contributed by atoms with Crippen molar-refractivity contribution < 1.29 is 18.3 Å². The molecule has 0 radical (unpaired) electrons. The molecule has 2 aliphatic heterocycles. The second-order valence-corrected chi connectivity index (χ2v) is 6.95. The largest absolute Gasteiger partial charge is 0.384 e. The number of halogens is 2. The molecule has 0 saturated carbocycles. The number of methoxy groups -OCH3 is 1. The lowest BCUT2D eigenvalue weighted by Crippen LogP contribution is -2.38. The molecule has 0 bridgehead atoms. The molecule has 4 nitrogen and oxygen atoms in total. The summed E-state index contributed by atoms with van der Waals surface area (Å²) in [6.45, 7) is 7.05. The van der Waals surface area contributed by atoms with Gasteiger partial charge >= 0.3 is 0 Å². The Balaban J connectivity index is 1.76. The summed E-state index contributed by atoms with van der Waals surface area (Å²) in [6.07, 6.45) is 0.924. The van der Waals surface area contributed by atoms with Gasteiger partial charge in [0.05, 0.1) is 6.61 Å². The van der Waals surface area contributed by atoms with Gasteiger partial charge < -0.3 is 14.5 Å². The summed E-state index contributed by atoms with van der Waals surface area (Å²) < 4.78 is 31.9. The molecule has 2 atom stereocenters. The average Bonchev–Trinajstić information content (AvgIpc) is 3.15. The summed E-state index contributed by atoms with van der Waals surface area (Å²) in [4.78, 5) is 16.8. The first-order valence-corrected chi connectivity index (χ1v) is 8.44. The van der Waals surface area contributed by atoms with E-state index < -0.39 is 11.6 Å². The number of amides is 1. The highest BCUT2D eigenvalue weighted by Crippen LogP contribution is 2.44. The predicted molar refractivity (Wildman–Crippen MR) is 86.8 cm³/mol. The minimum absolute atomic E-state index is 0.0419. The number of ether oxygens (including phenoxy) is 1. The number of hydrogen-bond donors (Lipinski definition) is 0. The standard InChI is InChI=1S/C18H24F2N2O2/c1-3-21-9-14(10-24-2)18(11-21)6-7-22(12-18)17(23)13-4-5-15(19)16(20)8-13/h4-5,8,14H,3,6-7,9-12H2,1-2H3/t14-,18-/m0/s1. The van der Waals surface area contributed by atoms with E-state index in [1.165, 1.54) is 6.07 Å². The zero-order valence-electron chi connectivity index (χ0n) is 14.2. The number of benzene rings is 1. The van der Waals surface area contributed by atoms with Crippen LogP contribution in [0.3, 0.4) is 0 Å². The average molecular weight is 338 g/mol. The van der Waals surface area contributed by atoms with Crippen molar-refractivity contribution in [3.63, 3.8) is 0 Å². The summed E-state index contributed by atoms with van der Waals surface area (Å²) in [5, 5.41) is 0. The van der Waals surface area contributed by atoms with Crippen LogP contribution in [0.2, 0.25) is 0 Å². The van der Waals surface area contributed by atoms with E-state index in [0.29, 0.717) is 25.6 Å². The van der Waals surface area contributed by atoms with Crippen LogP contribution in [0.25, 0.3) is 0 Å². The van der Waals surface area contributed by atoms with Gasteiger partial charge in [-0.3, -0.25) is 4.79 Å². The number of rotatable bonds is 4. The van der Waals surface area contributed by atoms with Crippen LogP contribution >= 0.6 is 0 Å². The Hall–Kier alpha value is -1.53. The van der Waals surface area contributed by atoms with Crippen LogP contribution < -0.4 is 0 Å². The van der Waals surface area contributed by atoms with Gasteiger partial charge in [0.25, 0.3) is 5.91 Å². The van der Waals surface area contributed by atoms with Crippen LogP contribution in [0.4, 0.5) is 8.78 Å². The molecular weight excluding hydrogens is 314 g/mol. The molecule has 24 heavy (non-hydrogen) atoms. The van der Waals surface area contributed by atoms with Crippen molar-refractivity contribution in [2.75, 3.05) is 46.4 Å². The molecule has 3 rings (SSSR count). The topological polar surface area (TPSA) is 32.8 Å². The Morgan fingerprint density at radius 2 is 2.12 bits per heavy atom. The highest BCUT2D eigenvalue weighted by molar-refractivity contribution is 5.94. The van der Waals surface area contributed by atoms with Crippen molar-refractivity contribution >= 4 is 5.91 Å². The molecule has 0 aromatic heterocycles. The quantitative estimate of drug-likeness (QED) is 0.845. The molecule has 1 amide bonds. The van der Waals surface area contributed by atoms with Crippen molar-refractivity contribution in [2.24, 2.45) is 11.3 Å². The molecule has 2 fully saturated rings. The normalized spacial score (nSPS) is 27.3. The molecule has 132 valence electrons. The Bertz CT molecular complexity index is 625. The van der Waals surface area contributed by atoms with E-state index in [-0.39, 0.29) is 16.9 Å². The summed E-state index contributed by atoms with van der Waals surface area (Å²) >= 11 is 0. The van der Waals surface area contributed by atoms with Gasteiger partial charge in [-0.05, 0) is 31.2 Å². The van der Waals surface area contributed by atoms with Gasteiger partial charge in [0.15, 0.2) is 11.6 Å². The van der Waals surface area contributed by atoms with Crippen molar-refractivity contribution in [2.45, 2.75) is 13.3 Å². The van der Waals surface area contributed by atoms with E-state index in [1.807, 2.05) is 0 Å². The molecule has 1 aromatic rings. The number of carbonyl (C=O) groups is 1. The van der Waals surface area contributed by atoms with E-state index in [9.17, 15) is 13.6 Å². The maximum atomic E-state index is 13.4. The van der Waals surface area contributed by atoms with Gasteiger partial charge in [-0.2, -0.15) is 0 Å². The second kappa shape index (κ2) is 6.76. The highest BCUT2D eigenvalue weighted by Gasteiger charge is 2.50. The number of nitrogens with zero attached hydrogens (tertiary/aromatic N) is 2. The van der Waals surface area contributed by atoms with Gasteiger partial charge in [0.1, 0.15) is 0 Å². The summed E-state index contributed by atoms with van der Waals surface area (Å²) in [5.74, 6) is -1.74. The number of hydrogen-bond acceptors (Lipinski definition) is 3. The fourth-order valence-electron chi connectivity index (χ4n) is 4.16. The van der Waals surface area contributed by atoms with Gasteiger partial charge in [-0.1, -0.05) is 6.92 Å². The predicted octanol–water partition coefficient (Wildman–Crippen LogP) is 2.40. The van der Waals surface area contributed by atoms with Crippen LogP contribution in [0.5, 0.6) is 0 Å². The maximum absolute atomic E-state index is 13.4. The minimum Gasteiger partial charge on any atom is -0.384 e. The van der Waals surface area contributed by atoms with Crippen LogP contribution in [-0.4, -0.2) is 62.1 Å². The first-order chi connectivity index (χ1) is 11.5. The molecule has 0 unspecified atom stereocenters. The second-order valence-electron chi connectivity index (χ2n) is 6.95. The van der Waals surface area contributed by atoms with E-state index in [1.54, 1.807) is 12.0 Å². The molecule has 0 N–H and O–H groups in total. The number of likely N-dealkylation sites (tertiary alicyclic amines) is 2. The molecule has 2 aliphatic rings. The van der Waals surface area contributed by atoms with Gasteiger partial charge in [0, 0.05) is 50.2 Å². The van der Waals surface area contributed by atoms with Gasteiger partial charge in [-0.15, -0.1) is 0 Å². The first kappa shape index (κ1) is 17.3. The molecule has 0 aliphatic carbocycles. The molecule has 1 aromatic carbocycles. The Kier molecular flexibility index (Phi) is 4.88. The van der Waals surface area contributed by atoms with E-state index >= 15 is 0 Å². The molecular formula is C18H24F2N2O2. The maximum Gasteiger partial charge on any atom is 0.253 e. The molecule has 2 heterocycles. The summed E-state index contributed by atoms with van der Waals surface area (Å²) in [5.41, 5.74) is 0.250. The van der Waals surface area contributed by atoms with Crippen LogP contribution in [0.15, 0.2) is 18.2 Å². The van der Waals surface area contributed by atoms with E-state index in [4.69, 9.17) is 4.74 Å². The SMILES string of the molecule is CCN1C[C@@H](COC)[C@@]2(CCN(C(=O)c3ccc(F)c(F)c3)C2)C1. The van der Waals surface area contributed by atoms with Gasteiger partial charge in [0.2, 0.25) is 0 Å². The van der Waals surface area contributed by atoms with Crippen molar-refractivity contribution in [3.05, 3.63) is 35.4 Å². The van der Waals surface area contributed by atoms with E-state index in [2.05, 4.69) is 11.8 Å². The number of carbonyl (C=O) groups excluding carboxylic acids is 1. The lowest BCUT2D eigenvalue weighted by Gasteiger charge is -2.30. The van der Waals surface area contributed by atoms with Crippen molar-refractivity contribution in [1.82, 2.24) is 9.80 Å². The van der Waals surface area contributed by atoms with Crippen LogP contribution in [-0.2, 0) is 4.74 Å². The van der Waals surface area contributed by atoms with Crippen molar-refractivity contribution in [1.29, 1.82) is 0 Å². The van der Waals surface area contributed by atoms with Gasteiger partial charge in [-0.25, -0.2) is 8.78 Å². The Morgan fingerprint density at radius 3 is 2.79 bits per heavy atom. The third-order valence-electron chi connectivity index (χ3n) is 5.54. The van der Waals surface area contributed by atoms with Crippen molar-refractivity contribution in [3.8, 4) is 0 Å². The van der Waals surface area contributed by atoms with E-state index in [0.717, 1.165) is 38.2 Å². The third-order valence-corrected chi connectivity index (χ3v) is 5.54. The molecule has 1 spiro atoms. The smallest absolute Gasteiger partial charge is 0.253 e. The Morgan fingerprint density at radius 1 is 1.33 bits per heavy atom. The first-order valence-electron chi connectivity index (χ1n) is 8.44. The fourth-order valence-corrected chi connectivity index (χ4v) is 4.16.